The largest absolute Gasteiger partial charge is 0.487 e. The first kappa shape index (κ1) is 53.2. The number of aliphatic imine (C=N–C) groups is 1. The SMILES string of the molecule is Cc1sc2c(c1C)C(c1ccc(Cl)cc1)=N[C@@H](CC(=O)NCCC(=O)NCCOCc1c(COc3ccc(Cl)c4c3[C@@H](CN3CC5(CC5)CC3=O)N(C(=O)[C@@H]3CCCC[C@]3(C)C(=O)O)CC4)nnn1C)c1nnc(C)n1-2. The number of aryl methyl sites for hydroxylation is 3. The number of benzene rings is 2. The van der Waals surface area contributed by atoms with Gasteiger partial charge in [-0.25, -0.2) is 4.68 Å². The van der Waals surface area contributed by atoms with Crippen LogP contribution in [0.3, 0.4) is 0 Å². The van der Waals surface area contributed by atoms with E-state index in [4.69, 9.17) is 37.7 Å². The maximum atomic E-state index is 14.8. The monoisotopic (exact) mass is 1100 g/mol. The number of carboxylic acids is 1. The highest BCUT2D eigenvalue weighted by atomic mass is 35.5. The van der Waals surface area contributed by atoms with Gasteiger partial charge in [-0.05, 0) is 101 Å². The van der Waals surface area contributed by atoms with Crippen molar-refractivity contribution >= 4 is 69.8 Å². The molecule has 4 amide bonds. The molecule has 3 fully saturated rings. The Labute approximate surface area is 454 Å². The van der Waals surface area contributed by atoms with Gasteiger partial charge in [0.1, 0.15) is 34.9 Å². The van der Waals surface area contributed by atoms with Crippen LogP contribution in [0.2, 0.25) is 10.0 Å². The van der Waals surface area contributed by atoms with Crippen molar-refractivity contribution in [2.45, 2.75) is 117 Å². The third-order valence-electron chi connectivity index (χ3n) is 16.2. The fourth-order valence-corrected chi connectivity index (χ4v) is 13.1. The van der Waals surface area contributed by atoms with Gasteiger partial charge in [0.25, 0.3) is 0 Å². The molecule has 5 aromatic rings. The summed E-state index contributed by atoms with van der Waals surface area (Å²) >= 11 is 14.8. The van der Waals surface area contributed by atoms with Crippen molar-refractivity contribution in [2.24, 2.45) is 28.8 Å². The molecular formula is C54H63Cl2N11O8S. The van der Waals surface area contributed by atoms with Crippen LogP contribution in [0.5, 0.6) is 5.75 Å². The molecule has 19 nitrogen and oxygen atoms in total. The number of carboxylic acid groups (broad SMARTS) is 1. The summed E-state index contributed by atoms with van der Waals surface area (Å²) in [7, 11) is 1.75. The van der Waals surface area contributed by atoms with Crippen molar-refractivity contribution in [3.05, 3.63) is 102 Å². The van der Waals surface area contributed by atoms with Gasteiger partial charge in [0, 0.05) is 84.2 Å². The number of amides is 4. The zero-order chi connectivity index (χ0) is 53.6. The Bertz CT molecular complexity index is 3130. The molecule has 1 saturated heterocycles. The number of hydrogen-bond acceptors (Lipinski definition) is 13. The van der Waals surface area contributed by atoms with Crippen molar-refractivity contribution in [3.8, 4) is 10.8 Å². The van der Waals surface area contributed by atoms with Crippen LogP contribution in [0.25, 0.3) is 5.00 Å². The Morgan fingerprint density at radius 1 is 0.947 bits per heavy atom. The highest BCUT2D eigenvalue weighted by Crippen LogP contribution is 2.54. The van der Waals surface area contributed by atoms with Crippen LogP contribution in [-0.2, 0) is 55.4 Å². The van der Waals surface area contributed by atoms with Crippen molar-refractivity contribution in [1.82, 2.24) is 50.2 Å². The van der Waals surface area contributed by atoms with Crippen LogP contribution in [0.4, 0.5) is 0 Å². The van der Waals surface area contributed by atoms with Crippen LogP contribution in [0, 0.1) is 37.5 Å². The molecule has 6 heterocycles. The Hall–Kier alpha value is -6.22. The fraction of sp³-hybridized carbons (Fsp3) is 0.519. The smallest absolute Gasteiger partial charge is 0.310 e. The number of carbonyl (C=O) groups excluding carboxylic acids is 4. The molecule has 76 heavy (non-hydrogen) atoms. The maximum absolute atomic E-state index is 14.8. The summed E-state index contributed by atoms with van der Waals surface area (Å²) in [5.41, 5.74) is 5.18. The maximum Gasteiger partial charge on any atom is 0.310 e. The van der Waals surface area contributed by atoms with E-state index >= 15 is 0 Å². The molecule has 0 radical (unpaired) electrons. The normalized spacial score (nSPS) is 21.4. The quantitative estimate of drug-likeness (QED) is 0.0746. The lowest BCUT2D eigenvalue weighted by molar-refractivity contribution is -0.162. The molecule has 22 heteroatoms. The second-order valence-electron chi connectivity index (χ2n) is 21.2. The third-order valence-corrected chi connectivity index (χ3v) is 18.0. The van der Waals surface area contributed by atoms with E-state index in [9.17, 15) is 29.1 Å². The molecule has 4 atom stereocenters. The molecule has 2 aliphatic carbocycles. The number of aliphatic carboxylic acids is 1. The molecule has 5 aliphatic rings. The van der Waals surface area contributed by atoms with Crippen molar-refractivity contribution in [2.75, 3.05) is 39.3 Å². The predicted octanol–water partition coefficient (Wildman–Crippen LogP) is 7.11. The molecule has 2 aromatic carbocycles. The number of likely N-dealkylation sites (tertiary alicyclic amines) is 1. The number of thiophene rings is 1. The van der Waals surface area contributed by atoms with E-state index < -0.39 is 29.4 Å². The lowest BCUT2D eigenvalue weighted by atomic mass is 9.66. The van der Waals surface area contributed by atoms with Gasteiger partial charge in [-0.2, -0.15) is 0 Å². The van der Waals surface area contributed by atoms with E-state index in [1.165, 1.54) is 0 Å². The van der Waals surface area contributed by atoms with Crippen molar-refractivity contribution < 1.29 is 38.6 Å². The number of carbonyl (C=O) groups is 5. The number of nitrogens with zero attached hydrogens (tertiary/aromatic N) is 9. The summed E-state index contributed by atoms with van der Waals surface area (Å²) < 4.78 is 16.2. The number of aromatic nitrogens is 6. The number of rotatable bonds is 18. The summed E-state index contributed by atoms with van der Waals surface area (Å²) in [5, 5.41) is 35.7. The molecule has 2 saturated carbocycles. The number of fused-ring (bicyclic) bond motifs is 4. The standard InChI is InChI=1S/C54H63Cl2N11O8S/c1-30-31(2)76-51-46(30)48(33-9-11-34(55)12-10-33)59-38(49-62-60-32(3)67(49)51)24-44(69)57-20-15-43(68)58-21-23-74-28-41-39(61-63-64(41)5)27-75-42-14-13-37(56)35-16-22-66(50(71)36-8-6-7-17-53(36,4)52(72)73)40(47(35)42)26-65-29-54(18-19-54)25-45(65)70/h9-14,36,38,40H,6-8,15-29H2,1-5H3,(H,57,69)(H,58,68)(H,72,73)/t36-,38-,40+,53-/m0/s1. The van der Waals surface area contributed by atoms with Gasteiger partial charge >= 0.3 is 5.97 Å². The molecular weight excluding hydrogens is 1030 g/mol. The third kappa shape index (κ3) is 10.5. The highest BCUT2D eigenvalue weighted by Gasteiger charge is 2.54. The zero-order valence-electron chi connectivity index (χ0n) is 43.4. The number of nitrogens with one attached hydrogen (secondary N) is 2. The molecule has 3 aromatic heterocycles. The van der Waals surface area contributed by atoms with Crippen LogP contribution in [0.15, 0.2) is 41.4 Å². The topological polar surface area (TPSA) is 228 Å². The lowest BCUT2D eigenvalue weighted by Crippen LogP contribution is -2.52. The minimum absolute atomic E-state index is 0.000332. The van der Waals surface area contributed by atoms with Crippen LogP contribution >= 0.6 is 34.5 Å². The van der Waals surface area contributed by atoms with E-state index in [0.29, 0.717) is 83.2 Å². The lowest BCUT2D eigenvalue weighted by Gasteiger charge is -2.45. The van der Waals surface area contributed by atoms with E-state index in [1.54, 1.807) is 47.0 Å². The minimum atomic E-state index is -1.21. The molecule has 1 spiro atoms. The predicted molar refractivity (Wildman–Crippen MR) is 284 cm³/mol. The fourth-order valence-electron chi connectivity index (χ4n) is 11.5. The number of hydrogen-bond donors (Lipinski definition) is 3. The summed E-state index contributed by atoms with van der Waals surface area (Å²) in [6.07, 6.45) is 5.34. The van der Waals surface area contributed by atoms with Gasteiger partial charge in [-0.1, -0.05) is 53.4 Å². The van der Waals surface area contributed by atoms with Gasteiger partial charge in [0.2, 0.25) is 23.6 Å². The van der Waals surface area contributed by atoms with E-state index in [2.05, 4.69) is 45.0 Å². The summed E-state index contributed by atoms with van der Waals surface area (Å²) in [6.45, 7) is 9.52. The van der Waals surface area contributed by atoms with Gasteiger partial charge in [0.15, 0.2) is 5.82 Å². The minimum Gasteiger partial charge on any atom is -0.487 e. The van der Waals surface area contributed by atoms with E-state index in [-0.39, 0.29) is 81.3 Å². The summed E-state index contributed by atoms with van der Waals surface area (Å²) in [6, 6.07) is 9.78. The Kier molecular flexibility index (Phi) is 15.2. The Morgan fingerprint density at radius 3 is 2.47 bits per heavy atom. The van der Waals surface area contributed by atoms with E-state index in [0.717, 1.165) is 63.5 Å². The molecule has 0 unspecified atom stereocenters. The molecule has 402 valence electrons. The van der Waals surface area contributed by atoms with Crippen LogP contribution in [0.1, 0.15) is 133 Å². The first-order valence-corrected chi connectivity index (χ1v) is 27.6. The first-order chi connectivity index (χ1) is 36.4. The Morgan fingerprint density at radius 2 is 1.72 bits per heavy atom. The summed E-state index contributed by atoms with van der Waals surface area (Å²) in [4.78, 5) is 77.3. The molecule has 0 bridgehead atoms. The number of halogens is 2. The molecule has 10 rings (SSSR count). The second-order valence-corrected chi connectivity index (χ2v) is 23.3. The van der Waals surface area contributed by atoms with Gasteiger partial charge in [0.05, 0.1) is 48.4 Å². The van der Waals surface area contributed by atoms with Crippen LogP contribution < -0.4 is 15.4 Å². The van der Waals surface area contributed by atoms with Crippen LogP contribution in [-0.4, -0.2) is 119 Å². The van der Waals surface area contributed by atoms with Gasteiger partial charge < -0.3 is 35.0 Å². The zero-order valence-corrected chi connectivity index (χ0v) is 45.7. The second kappa shape index (κ2) is 21.7. The Balaban J connectivity index is 0.743. The van der Waals surface area contributed by atoms with Gasteiger partial charge in [-0.3, -0.25) is 33.5 Å². The van der Waals surface area contributed by atoms with Gasteiger partial charge in [-0.15, -0.1) is 26.6 Å². The van der Waals surface area contributed by atoms with Crippen molar-refractivity contribution in [3.63, 3.8) is 0 Å². The summed E-state index contributed by atoms with van der Waals surface area (Å²) in [5.74, 6) is -0.662. The molecule has 3 N–H and O–H groups in total. The van der Waals surface area contributed by atoms with E-state index in [1.807, 2.05) is 40.7 Å². The first-order valence-electron chi connectivity index (χ1n) is 26.1. The molecule has 3 aliphatic heterocycles. The number of ether oxygens (including phenoxy) is 2. The average molecular weight is 1100 g/mol. The highest BCUT2D eigenvalue weighted by molar-refractivity contribution is 7.15. The average Bonchev–Trinajstić information content (AvgIpc) is 3.62. The van der Waals surface area contributed by atoms with Crippen molar-refractivity contribution in [1.29, 1.82) is 0 Å².